The molecule has 2 aromatic rings. The van der Waals surface area contributed by atoms with Crippen LogP contribution in [0.25, 0.3) is 0 Å². The summed E-state index contributed by atoms with van der Waals surface area (Å²) < 4.78 is 0. The van der Waals surface area contributed by atoms with Gasteiger partial charge in [-0.2, -0.15) is 0 Å². The van der Waals surface area contributed by atoms with Crippen molar-refractivity contribution in [2.24, 2.45) is 0 Å². The van der Waals surface area contributed by atoms with Crippen LogP contribution < -0.4 is 5.32 Å². The van der Waals surface area contributed by atoms with Crippen LogP contribution in [0.2, 0.25) is 0 Å². The van der Waals surface area contributed by atoms with Crippen LogP contribution in [-0.2, 0) is 17.6 Å². The molecule has 1 amide bonds. The van der Waals surface area contributed by atoms with Crippen LogP contribution in [0.1, 0.15) is 17.4 Å². The van der Waals surface area contributed by atoms with Gasteiger partial charge in [-0.1, -0.05) is 18.2 Å². The second-order valence-corrected chi connectivity index (χ2v) is 6.14. The van der Waals surface area contributed by atoms with Gasteiger partial charge in [0.15, 0.2) is 0 Å². The Morgan fingerprint density at radius 2 is 2.05 bits per heavy atom. The molecule has 1 unspecified atom stereocenters. The maximum Gasteiger partial charge on any atom is 0.224 e. The minimum Gasteiger partial charge on any atom is -0.353 e. The van der Waals surface area contributed by atoms with Crippen LogP contribution in [0.4, 0.5) is 0 Å². The zero-order chi connectivity index (χ0) is 13.7. The highest BCUT2D eigenvalue weighted by molar-refractivity contribution is 7.80. The summed E-state index contributed by atoms with van der Waals surface area (Å²) in [6, 6.07) is 12.0. The van der Waals surface area contributed by atoms with Crippen molar-refractivity contribution in [1.82, 2.24) is 5.32 Å². The summed E-state index contributed by atoms with van der Waals surface area (Å²) in [6.07, 6.45) is 1.31. The summed E-state index contributed by atoms with van der Waals surface area (Å²) in [5.41, 5.74) is 1.01. The van der Waals surface area contributed by atoms with Gasteiger partial charge in [-0.3, -0.25) is 4.79 Å². The van der Waals surface area contributed by atoms with Crippen LogP contribution in [0.5, 0.6) is 0 Å². The Bertz CT molecular complexity index is 520. The second kappa shape index (κ2) is 6.78. The molecule has 1 N–H and O–H groups in total. The van der Waals surface area contributed by atoms with E-state index in [4.69, 9.17) is 0 Å². The lowest BCUT2D eigenvalue weighted by Gasteiger charge is -2.13. The predicted molar refractivity (Wildman–Crippen MR) is 83.0 cm³/mol. The van der Waals surface area contributed by atoms with Gasteiger partial charge in [0.05, 0.1) is 6.42 Å². The number of carbonyl (C=O) groups excluding carboxylic acids is 1. The molecule has 0 aliphatic heterocycles. The van der Waals surface area contributed by atoms with Crippen LogP contribution in [0.3, 0.4) is 0 Å². The predicted octanol–water partition coefficient (Wildman–Crippen LogP) is 3.33. The summed E-state index contributed by atoms with van der Waals surface area (Å²) in [6.45, 7) is 2.04. The fourth-order valence-electron chi connectivity index (χ4n) is 1.91. The van der Waals surface area contributed by atoms with Crippen molar-refractivity contribution in [3.63, 3.8) is 0 Å². The van der Waals surface area contributed by atoms with Crippen LogP contribution in [0, 0.1) is 0 Å². The molecule has 0 radical (unpaired) electrons. The van der Waals surface area contributed by atoms with E-state index in [1.165, 1.54) is 4.88 Å². The fourth-order valence-corrected chi connectivity index (χ4v) is 2.89. The minimum atomic E-state index is 0.0657. The highest BCUT2D eigenvalue weighted by Crippen LogP contribution is 2.11. The monoisotopic (exact) mass is 291 g/mol. The van der Waals surface area contributed by atoms with Gasteiger partial charge < -0.3 is 5.32 Å². The highest BCUT2D eigenvalue weighted by atomic mass is 32.1. The van der Waals surface area contributed by atoms with Gasteiger partial charge in [0.2, 0.25) is 5.91 Å². The van der Waals surface area contributed by atoms with E-state index in [9.17, 15) is 4.79 Å². The first-order valence-electron chi connectivity index (χ1n) is 6.23. The molecule has 0 saturated carbocycles. The zero-order valence-electron chi connectivity index (χ0n) is 10.8. The zero-order valence-corrected chi connectivity index (χ0v) is 12.5. The number of nitrogens with one attached hydrogen (secondary N) is 1. The van der Waals surface area contributed by atoms with Crippen molar-refractivity contribution in [2.45, 2.75) is 30.7 Å². The number of hydrogen-bond donors (Lipinski definition) is 2. The Hall–Kier alpha value is -1.26. The first-order valence-corrected chi connectivity index (χ1v) is 7.56. The van der Waals surface area contributed by atoms with Crippen molar-refractivity contribution >= 4 is 29.9 Å². The molecule has 0 bridgehead atoms. The van der Waals surface area contributed by atoms with E-state index in [0.29, 0.717) is 6.42 Å². The summed E-state index contributed by atoms with van der Waals surface area (Å²) in [7, 11) is 0. The van der Waals surface area contributed by atoms with E-state index in [1.54, 1.807) is 11.3 Å². The summed E-state index contributed by atoms with van der Waals surface area (Å²) >= 11 is 5.95. The molecule has 0 spiro atoms. The maximum atomic E-state index is 11.9. The number of benzene rings is 1. The number of amides is 1. The smallest absolute Gasteiger partial charge is 0.224 e. The van der Waals surface area contributed by atoms with Gasteiger partial charge in [0, 0.05) is 22.2 Å². The van der Waals surface area contributed by atoms with E-state index in [-0.39, 0.29) is 11.9 Å². The summed E-state index contributed by atoms with van der Waals surface area (Å²) in [4.78, 5) is 14.1. The summed E-state index contributed by atoms with van der Waals surface area (Å²) in [5.74, 6) is 0.0657. The van der Waals surface area contributed by atoms with Crippen LogP contribution in [0.15, 0.2) is 46.7 Å². The number of thiophene rings is 1. The largest absolute Gasteiger partial charge is 0.353 e. The van der Waals surface area contributed by atoms with Gasteiger partial charge in [-0.25, -0.2) is 0 Å². The Morgan fingerprint density at radius 1 is 1.32 bits per heavy atom. The lowest BCUT2D eigenvalue weighted by molar-refractivity contribution is -0.121. The van der Waals surface area contributed by atoms with Gasteiger partial charge in [-0.15, -0.1) is 24.0 Å². The maximum absolute atomic E-state index is 11.9. The van der Waals surface area contributed by atoms with E-state index in [1.807, 2.05) is 37.3 Å². The van der Waals surface area contributed by atoms with E-state index in [0.717, 1.165) is 16.9 Å². The quantitative estimate of drug-likeness (QED) is 0.813. The topological polar surface area (TPSA) is 29.1 Å². The molecule has 0 saturated heterocycles. The van der Waals surface area contributed by atoms with E-state index < -0.39 is 0 Å². The van der Waals surface area contributed by atoms with Crippen LogP contribution in [-0.4, -0.2) is 11.9 Å². The van der Waals surface area contributed by atoms with Crippen molar-refractivity contribution in [1.29, 1.82) is 0 Å². The summed E-state index contributed by atoms with van der Waals surface area (Å²) in [5, 5.41) is 5.09. The molecule has 2 nitrogen and oxygen atoms in total. The van der Waals surface area contributed by atoms with Gasteiger partial charge in [0.1, 0.15) is 0 Å². The first kappa shape index (κ1) is 14.2. The molecule has 1 aromatic carbocycles. The standard InChI is InChI=1S/C15H17NOS2/c1-11(9-14-3-2-8-19-14)16-15(17)10-12-4-6-13(18)7-5-12/h2-8,11,18H,9-10H2,1H3,(H,16,17). The minimum absolute atomic E-state index is 0.0657. The molecular formula is C15H17NOS2. The van der Waals surface area contributed by atoms with E-state index >= 15 is 0 Å². The fraction of sp³-hybridized carbons (Fsp3) is 0.267. The number of rotatable bonds is 5. The highest BCUT2D eigenvalue weighted by Gasteiger charge is 2.09. The molecule has 1 atom stereocenters. The SMILES string of the molecule is CC(Cc1cccs1)NC(=O)Cc1ccc(S)cc1. The van der Waals surface area contributed by atoms with Gasteiger partial charge in [0.25, 0.3) is 0 Å². The van der Waals surface area contributed by atoms with Gasteiger partial charge >= 0.3 is 0 Å². The first-order chi connectivity index (χ1) is 9.13. The van der Waals surface area contributed by atoms with Crippen molar-refractivity contribution < 1.29 is 4.79 Å². The molecule has 1 heterocycles. The van der Waals surface area contributed by atoms with Crippen LogP contribution >= 0.6 is 24.0 Å². The number of hydrogen-bond acceptors (Lipinski definition) is 3. The van der Waals surface area contributed by atoms with E-state index in [2.05, 4.69) is 29.4 Å². The molecule has 19 heavy (non-hydrogen) atoms. The Morgan fingerprint density at radius 3 is 2.68 bits per heavy atom. The second-order valence-electron chi connectivity index (χ2n) is 4.60. The normalized spacial score (nSPS) is 12.1. The lowest BCUT2D eigenvalue weighted by Crippen LogP contribution is -2.34. The molecule has 1 aromatic heterocycles. The molecular weight excluding hydrogens is 274 g/mol. The van der Waals surface area contributed by atoms with Crippen molar-refractivity contribution in [3.05, 3.63) is 52.2 Å². The molecule has 0 aliphatic rings. The lowest BCUT2D eigenvalue weighted by atomic mass is 10.1. The number of carbonyl (C=O) groups is 1. The third-order valence-electron chi connectivity index (χ3n) is 2.80. The Balaban J connectivity index is 1.82. The number of thiol groups is 1. The third-order valence-corrected chi connectivity index (χ3v) is 3.99. The average Bonchev–Trinajstić information content (AvgIpc) is 2.84. The molecule has 0 fully saturated rings. The molecule has 4 heteroatoms. The van der Waals surface area contributed by atoms with Crippen molar-refractivity contribution in [2.75, 3.05) is 0 Å². The molecule has 100 valence electrons. The van der Waals surface area contributed by atoms with Crippen molar-refractivity contribution in [3.8, 4) is 0 Å². The molecule has 2 rings (SSSR count). The third kappa shape index (κ3) is 4.73. The average molecular weight is 291 g/mol. The van der Waals surface area contributed by atoms with Gasteiger partial charge in [-0.05, 0) is 36.1 Å². The Labute approximate surface area is 123 Å². The molecule has 0 aliphatic carbocycles. The Kier molecular flexibility index (Phi) is 5.05.